The number of fused-ring (bicyclic) bond motifs is 3. The van der Waals surface area contributed by atoms with Gasteiger partial charge in [0.1, 0.15) is 36.9 Å². The third kappa shape index (κ3) is 14.6. The molecule has 1 aliphatic rings. The van der Waals surface area contributed by atoms with E-state index < -0.39 is 53.7 Å². The van der Waals surface area contributed by atoms with Crippen LogP contribution in [0.4, 0.5) is 9.59 Å². The molecule has 3 aromatic rings. The highest BCUT2D eigenvalue weighted by Gasteiger charge is 2.33. The van der Waals surface area contributed by atoms with Gasteiger partial charge < -0.3 is 46.1 Å². The first-order valence-corrected chi connectivity index (χ1v) is 20.6. The van der Waals surface area contributed by atoms with Crippen LogP contribution in [0, 0.1) is 11.3 Å². The highest BCUT2D eigenvalue weighted by atomic mass is 16.6. The van der Waals surface area contributed by atoms with E-state index in [4.69, 9.17) is 19.6 Å². The Kier molecular flexibility index (Phi) is 17.8. The zero-order valence-corrected chi connectivity index (χ0v) is 35.5. The number of rotatable bonds is 20. The summed E-state index contributed by atoms with van der Waals surface area (Å²) in [7, 11) is 1.60. The number of guanidine groups is 1. The highest BCUT2D eigenvalue weighted by molar-refractivity contribution is 5.93. The number of ether oxygens (including phenoxy) is 3. The molecule has 0 aliphatic heterocycles. The van der Waals surface area contributed by atoms with Crippen molar-refractivity contribution in [1.29, 1.82) is 5.41 Å². The van der Waals surface area contributed by atoms with Crippen LogP contribution in [0.25, 0.3) is 11.1 Å². The molecule has 7 N–H and O–H groups in total. The Morgan fingerprint density at radius 2 is 1.25 bits per heavy atom. The standard InChI is InChI=1S/C45H61N7O8/c1-29(2)38(41(55)58-27-30-17-8-7-9-18-30)52-40(54)36(24-16-26-48-42(46)47-6)50-39(53)37(23-14-15-25-49-43(56)60-45(3,4)5)51-44(57)59-28-35-33-21-12-10-19-31(33)32-20-11-13-22-34(32)35/h7-13,17-22,29,35-38H,14-16,23-28H2,1-6H3,(H,49,56)(H,50,53)(H,51,57)(H,52,54)(H3,46,47,48)/t36-,37-,38+/m1/s1. The number of unbranched alkanes of at least 4 members (excludes halogenated alkanes) is 1. The summed E-state index contributed by atoms with van der Waals surface area (Å²) in [6, 6.07) is 21.9. The fourth-order valence-electron chi connectivity index (χ4n) is 6.75. The van der Waals surface area contributed by atoms with Gasteiger partial charge in [-0.3, -0.25) is 15.0 Å². The van der Waals surface area contributed by atoms with E-state index in [0.717, 1.165) is 27.8 Å². The van der Waals surface area contributed by atoms with Crippen LogP contribution in [0.3, 0.4) is 0 Å². The number of carbonyl (C=O) groups is 5. The van der Waals surface area contributed by atoms with Gasteiger partial charge in [-0.15, -0.1) is 0 Å². The summed E-state index contributed by atoms with van der Waals surface area (Å²) in [6.07, 6.45) is 0.168. The molecule has 0 bridgehead atoms. The first-order chi connectivity index (χ1) is 28.7. The van der Waals surface area contributed by atoms with Crippen molar-refractivity contribution >= 4 is 35.9 Å². The van der Waals surface area contributed by atoms with Crippen LogP contribution in [0.15, 0.2) is 78.9 Å². The zero-order valence-electron chi connectivity index (χ0n) is 35.5. The van der Waals surface area contributed by atoms with E-state index in [2.05, 4.69) is 31.9 Å². The molecule has 4 amide bonds. The van der Waals surface area contributed by atoms with Gasteiger partial charge in [-0.25, -0.2) is 14.4 Å². The Hall–Kier alpha value is -6.12. The average molecular weight is 828 g/mol. The smallest absolute Gasteiger partial charge is 0.407 e. The lowest BCUT2D eigenvalue weighted by molar-refractivity contribution is -0.150. The molecular weight excluding hydrogens is 767 g/mol. The van der Waals surface area contributed by atoms with Crippen molar-refractivity contribution in [3.63, 3.8) is 0 Å². The van der Waals surface area contributed by atoms with Gasteiger partial charge in [0.15, 0.2) is 5.96 Å². The quantitative estimate of drug-likeness (QED) is 0.0251. The number of hydrogen-bond donors (Lipinski definition) is 7. The molecule has 0 saturated carbocycles. The molecule has 15 nitrogen and oxygen atoms in total. The maximum absolute atomic E-state index is 14.1. The van der Waals surface area contributed by atoms with E-state index in [1.807, 2.05) is 78.9 Å². The van der Waals surface area contributed by atoms with Crippen molar-refractivity contribution in [3.05, 3.63) is 95.6 Å². The molecule has 0 fully saturated rings. The normalized spacial score (nSPS) is 13.4. The molecule has 324 valence electrons. The summed E-state index contributed by atoms with van der Waals surface area (Å²) in [5.74, 6) is -2.31. The molecule has 0 aromatic heterocycles. The number of esters is 1. The van der Waals surface area contributed by atoms with Crippen LogP contribution < -0.4 is 31.9 Å². The Bertz CT molecular complexity index is 1870. The minimum absolute atomic E-state index is 0.0263. The Morgan fingerprint density at radius 1 is 0.683 bits per heavy atom. The summed E-state index contributed by atoms with van der Waals surface area (Å²) in [5, 5.41) is 24.4. The number of hydrogen-bond acceptors (Lipinski definition) is 9. The van der Waals surface area contributed by atoms with Crippen LogP contribution in [-0.2, 0) is 35.2 Å². The van der Waals surface area contributed by atoms with E-state index in [1.54, 1.807) is 41.7 Å². The minimum Gasteiger partial charge on any atom is -0.459 e. The second-order valence-electron chi connectivity index (χ2n) is 16.0. The van der Waals surface area contributed by atoms with Crippen LogP contribution in [-0.4, -0.2) is 86.4 Å². The lowest BCUT2D eigenvalue weighted by Gasteiger charge is -2.26. The molecule has 15 heteroatoms. The Balaban J connectivity index is 1.47. The summed E-state index contributed by atoms with van der Waals surface area (Å²) in [5.41, 5.74) is 4.35. The van der Waals surface area contributed by atoms with E-state index in [9.17, 15) is 24.0 Å². The maximum atomic E-state index is 14.1. The molecule has 0 radical (unpaired) electrons. The summed E-state index contributed by atoms with van der Waals surface area (Å²) in [6.45, 7) is 9.50. The second kappa shape index (κ2) is 22.9. The number of alkyl carbamates (subject to hydrolysis) is 2. The van der Waals surface area contributed by atoms with Gasteiger partial charge >= 0.3 is 18.2 Å². The van der Waals surface area contributed by atoms with Gasteiger partial charge in [-0.05, 0) is 86.6 Å². The largest absolute Gasteiger partial charge is 0.459 e. The third-order valence-corrected chi connectivity index (χ3v) is 9.84. The molecule has 0 unspecified atom stereocenters. The van der Waals surface area contributed by atoms with Crippen molar-refractivity contribution in [3.8, 4) is 11.1 Å². The fourth-order valence-corrected chi connectivity index (χ4v) is 6.75. The van der Waals surface area contributed by atoms with Crippen LogP contribution in [0.5, 0.6) is 0 Å². The molecule has 60 heavy (non-hydrogen) atoms. The summed E-state index contributed by atoms with van der Waals surface area (Å²) >= 11 is 0. The molecule has 1 aliphatic carbocycles. The van der Waals surface area contributed by atoms with Gasteiger partial charge in [-0.2, -0.15) is 0 Å². The molecule has 0 heterocycles. The van der Waals surface area contributed by atoms with E-state index in [1.165, 1.54) is 0 Å². The molecule has 3 aromatic carbocycles. The second-order valence-corrected chi connectivity index (χ2v) is 16.0. The van der Waals surface area contributed by atoms with Crippen molar-refractivity contribution in [2.24, 2.45) is 5.92 Å². The van der Waals surface area contributed by atoms with E-state index in [0.29, 0.717) is 25.8 Å². The average Bonchev–Trinajstić information content (AvgIpc) is 3.54. The van der Waals surface area contributed by atoms with Crippen molar-refractivity contribution in [2.75, 3.05) is 26.7 Å². The SMILES string of the molecule is CNC(=N)NCCC[C@@H](NC(=O)[C@@H](CCCCNC(=O)OC(C)(C)C)NC(=O)OCC1c2ccccc2-c2ccccc21)C(=O)N[C@H](C(=O)OCc1ccccc1)C(C)C. The first-order valence-electron chi connectivity index (χ1n) is 20.6. The molecular formula is C45H61N7O8. The van der Waals surface area contributed by atoms with Crippen LogP contribution in [0.1, 0.15) is 89.3 Å². The lowest BCUT2D eigenvalue weighted by atomic mass is 9.98. The monoisotopic (exact) mass is 827 g/mol. The third-order valence-electron chi connectivity index (χ3n) is 9.84. The zero-order chi connectivity index (χ0) is 43.7. The topological polar surface area (TPSA) is 209 Å². The van der Waals surface area contributed by atoms with Gasteiger partial charge in [0.25, 0.3) is 0 Å². The lowest BCUT2D eigenvalue weighted by Crippen LogP contribution is -2.56. The number of nitrogens with one attached hydrogen (secondary N) is 7. The highest BCUT2D eigenvalue weighted by Crippen LogP contribution is 2.44. The maximum Gasteiger partial charge on any atom is 0.407 e. The van der Waals surface area contributed by atoms with Gasteiger partial charge in [0.05, 0.1) is 0 Å². The number of carbonyl (C=O) groups excluding carboxylic acids is 5. The predicted molar refractivity (Wildman–Crippen MR) is 229 cm³/mol. The van der Waals surface area contributed by atoms with Crippen molar-refractivity contribution in [2.45, 2.75) is 103 Å². The molecule has 0 spiro atoms. The number of amides is 4. The first kappa shape index (κ1) is 46.6. The summed E-state index contributed by atoms with van der Waals surface area (Å²) in [4.78, 5) is 67.0. The Morgan fingerprint density at radius 3 is 1.87 bits per heavy atom. The fraction of sp³-hybridized carbons (Fsp3) is 0.467. The van der Waals surface area contributed by atoms with Crippen LogP contribution in [0.2, 0.25) is 0 Å². The van der Waals surface area contributed by atoms with Gasteiger partial charge in [0.2, 0.25) is 11.8 Å². The summed E-state index contributed by atoms with van der Waals surface area (Å²) < 4.78 is 16.7. The predicted octanol–water partition coefficient (Wildman–Crippen LogP) is 5.48. The van der Waals surface area contributed by atoms with Crippen LogP contribution >= 0.6 is 0 Å². The van der Waals surface area contributed by atoms with Crippen molar-refractivity contribution < 1.29 is 38.2 Å². The van der Waals surface area contributed by atoms with Gasteiger partial charge in [-0.1, -0.05) is 92.7 Å². The molecule has 0 saturated heterocycles. The Labute approximate surface area is 353 Å². The van der Waals surface area contributed by atoms with E-state index >= 15 is 0 Å². The van der Waals surface area contributed by atoms with Crippen molar-refractivity contribution in [1.82, 2.24) is 31.9 Å². The van der Waals surface area contributed by atoms with E-state index in [-0.39, 0.29) is 50.4 Å². The number of benzene rings is 3. The molecule has 3 atom stereocenters. The minimum atomic E-state index is -1.12. The van der Waals surface area contributed by atoms with Gasteiger partial charge in [0, 0.05) is 26.1 Å². The molecule has 4 rings (SSSR count).